The molecule has 1 aliphatic heterocycles. The number of piperidine rings is 1. The van der Waals surface area contributed by atoms with E-state index in [0.29, 0.717) is 5.02 Å². The minimum Gasteiger partial charge on any atom is -0.385 e. The number of halogens is 2. The molecular weight excluding hydrogens is 437 g/mol. The smallest absolute Gasteiger partial charge is 0.0920 e. The molecule has 3 aromatic carbocycles. The van der Waals surface area contributed by atoms with Crippen molar-refractivity contribution < 1.29 is 5.11 Å². The van der Waals surface area contributed by atoms with Crippen molar-refractivity contribution in [3.05, 3.63) is 107 Å². The average molecular weight is 470 g/mol. The highest BCUT2D eigenvalue weighted by Gasteiger charge is 2.39. The van der Waals surface area contributed by atoms with Crippen molar-refractivity contribution in [3.63, 3.8) is 0 Å². The molecule has 4 rings (SSSR count). The fourth-order valence-electron chi connectivity index (χ4n) is 5.17. The topological polar surface area (TPSA) is 23.5 Å². The van der Waals surface area contributed by atoms with Gasteiger partial charge in [-0.1, -0.05) is 97.7 Å². The van der Waals surface area contributed by atoms with Crippen LogP contribution in [0.1, 0.15) is 49.3 Å². The Balaban J connectivity index is 0.00000289. The molecule has 1 heterocycles. The molecule has 0 spiro atoms. The van der Waals surface area contributed by atoms with E-state index in [1.54, 1.807) is 0 Å². The number of aliphatic hydroxyl groups is 1. The zero-order valence-electron chi connectivity index (χ0n) is 18.7. The second-order valence-corrected chi connectivity index (χ2v) is 9.32. The van der Waals surface area contributed by atoms with E-state index < -0.39 is 5.60 Å². The Morgan fingerprint density at radius 1 is 0.844 bits per heavy atom. The maximum absolute atomic E-state index is 11.3. The van der Waals surface area contributed by atoms with Crippen LogP contribution in [0.25, 0.3) is 0 Å². The molecule has 170 valence electrons. The largest absolute Gasteiger partial charge is 0.385 e. The molecule has 3 aromatic rings. The standard InChI is InChI=1S/C28H32ClNO.ClH/c1-2-17-27(23-9-5-3-6-10-23,24-11-7-4-8-12-24)22-30-20-18-28(31,19-21-30)25-13-15-26(29)16-14-25;/h3-16,31H,2,17-22H2,1H3;1H. The van der Waals surface area contributed by atoms with Crippen molar-refractivity contribution >= 4 is 24.0 Å². The molecule has 32 heavy (non-hydrogen) atoms. The summed E-state index contributed by atoms with van der Waals surface area (Å²) in [6, 6.07) is 29.6. The van der Waals surface area contributed by atoms with Crippen molar-refractivity contribution in [1.29, 1.82) is 0 Å². The van der Waals surface area contributed by atoms with E-state index in [1.807, 2.05) is 24.3 Å². The molecule has 4 heteroatoms. The Morgan fingerprint density at radius 3 is 1.81 bits per heavy atom. The Bertz CT molecular complexity index is 912. The zero-order valence-corrected chi connectivity index (χ0v) is 20.3. The fraction of sp³-hybridized carbons (Fsp3) is 0.357. The summed E-state index contributed by atoms with van der Waals surface area (Å²) in [7, 11) is 0. The fourth-order valence-corrected chi connectivity index (χ4v) is 5.30. The van der Waals surface area contributed by atoms with Crippen molar-refractivity contribution in [3.8, 4) is 0 Å². The Morgan fingerprint density at radius 2 is 1.34 bits per heavy atom. The highest BCUT2D eigenvalue weighted by Crippen LogP contribution is 2.40. The van der Waals surface area contributed by atoms with Gasteiger partial charge in [0.05, 0.1) is 5.60 Å². The Kier molecular flexibility index (Phi) is 8.41. The van der Waals surface area contributed by atoms with Gasteiger partial charge >= 0.3 is 0 Å². The second kappa shape index (κ2) is 10.9. The van der Waals surface area contributed by atoms with E-state index in [2.05, 4.69) is 72.5 Å². The maximum atomic E-state index is 11.3. The first-order chi connectivity index (χ1) is 15.1. The van der Waals surface area contributed by atoms with Crippen LogP contribution >= 0.6 is 24.0 Å². The first-order valence-corrected chi connectivity index (χ1v) is 11.8. The highest BCUT2D eigenvalue weighted by molar-refractivity contribution is 6.30. The molecule has 1 N–H and O–H groups in total. The van der Waals surface area contributed by atoms with Gasteiger partial charge in [-0.05, 0) is 48.1 Å². The van der Waals surface area contributed by atoms with E-state index in [9.17, 15) is 5.11 Å². The van der Waals surface area contributed by atoms with E-state index in [1.165, 1.54) is 11.1 Å². The van der Waals surface area contributed by atoms with E-state index >= 15 is 0 Å². The van der Waals surface area contributed by atoms with Crippen LogP contribution < -0.4 is 0 Å². The number of hydrogen-bond donors (Lipinski definition) is 1. The normalized spacial score (nSPS) is 16.3. The van der Waals surface area contributed by atoms with Crippen molar-refractivity contribution in [2.24, 2.45) is 0 Å². The van der Waals surface area contributed by atoms with Crippen LogP contribution in [0.5, 0.6) is 0 Å². The summed E-state index contributed by atoms with van der Waals surface area (Å²) in [5, 5.41) is 12.0. The van der Waals surface area contributed by atoms with E-state index in [0.717, 1.165) is 50.9 Å². The first-order valence-electron chi connectivity index (χ1n) is 11.4. The highest BCUT2D eigenvalue weighted by atomic mass is 35.5. The SMILES string of the molecule is CCCC(CN1CCC(O)(c2ccc(Cl)cc2)CC1)(c1ccccc1)c1ccccc1.Cl. The summed E-state index contributed by atoms with van der Waals surface area (Å²) in [4.78, 5) is 2.54. The van der Waals surface area contributed by atoms with Gasteiger partial charge in [-0.25, -0.2) is 0 Å². The van der Waals surface area contributed by atoms with Gasteiger partial charge in [0.25, 0.3) is 0 Å². The van der Waals surface area contributed by atoms with Gasteiger partial charge in [-0.3, -0.25) is 0 Å². The third-order valence-corrected chi connectivity index (χ3v) is 7.14. The minimum atomic E-state index is -0.770. The minimum absolute atomic E-state index is 0. The number of rotatable bonds is 7. The van der Waals surface area contributed by atoms with Gasteiger partial charge in [0.15, 0.2) is 0 Å². The lowest BCUT2D eigenvalue weighted by atomic mass is 9.70. The van der Waals surface area contributed by atoms with Crippen LogP contribution in [0.2, 0.25) is 5.02 Å². The number of hydrogen-bond acceptors (Lipinski definition) is 2. The van der Waals surface area contributed by atoms with Crippen LogP contribution in [0, 0.1) is 0 Å². The van der Waals surface area contributed by atoms with Gasteiger partial charge in [-0.15, -0.1) is 12.4 Å². The monoisotopic (exact) mass is 469 g/mol. The summed E-state index contributed by atoms with van der Waals surface area (Å²) in [6.07, 6.45) is 3.69. The summed E-state index contributed by atoms with van der Waals surface area (Å²) in [5.41, 5.74) is 2.91. The average Bonchev–Trinajstić information content (AvgIpc) is 2.82. The molecule has 0 radical (unpaired) electrons. The first kappa shape index (κ1) is 24.8. The van der Waals surface area contributed by atoms with Gasteiger partial charge in [-0.2, -0.15) is 0 Å². The lowest BCUT2D eigenvalue weighted by Gasteiger charge is -2.44. The Hall–Kier alpha value is -1.84. The lowest BCUT2D eigenvalue weighted by molar-refractivity contribution is -0.0294. The number of benzene rings is 3. The summed E-state index contributed by atoms with van der Waals surface area (Å²) in [5.74, 6) is 0. The lowest BCUT2D eigenvalue weighted by Crippen LogP contribution is -2.48. The van der Waals surface area contributed by atoms with Crippen LogP contribution in [0.15, 0.2) is 84.9 Å². The van der Waals surface area contributed by atoms with Crippen molar-refractivity contribution in [2.75, 3.05) is 19.6 Å². The summed E-state index contributed by atoms with van der Waals surface area (Å²) < 4.78 is 0. The molecule has 1 aliphatic rings. The molecule has 1 saturated heterocycles. The third-order valence-electron chi connectivity index (χ3n) is 6.89. The van der Waals surface area contributed by atoms with Crippen molar-refractivity contribution in [1.82, 2.24) is 4.90 Å². The quantitative estimate of drug-likeness (QED) is 0.409. The van der Waals surface area contributed by atoms with Gasteiger partial charge in [0.2, 0.25) is 0 Å². The molecule has 0 unspecified atom stereocenters. The Labute approximate surface area is 203 Å². The predicted octanol–water partition coefficient (Wildman–Crippen LogP) is 6.83. The number of nitrogens with zero attached hydrogens (tertiary/aromatic N) is 1. The molecule has 0 aromatic heterocycles. The molecule has 1 fully saturated rings. The van der Waals surface area contributed by atoms with E-state index in [4.69, 9.17) is 11.6 Å². The van der Waals surface area contributed by atoms with Crippen LogP contribution in [0.4, 0.5) is 0 Å². The van der Waals surface area contributed by atoms with Crippen molar-refractivity contribution in [2.45, 2.75) is 43.6 Å². The maximum Gasteiger partial charge on any atom is 0.0920 e. The van der Waals surface area contributed by atoms with Gasteiger partial charge < -0.3 is 10.0 Å². The number of likely N-dealkylation sites (tertiary alicyclic amines) is 1. The third kappa shape index (κ3) is 5.21. The molecule has 0 bridgehead atoms. The van der Waals surface area contributed by atoms with Gasteiger partial charge in [0, 0.05) is 30.1 Å². The molecule has 2 nitrogen and oxygen atoms in total. The van der Waals surface area contributed by atoms with Gasteiger partial charge in [0.1, 0.15) is 0 Å². The molecule has 0 saturated carbocycles. The summed E-state index contributed by atoms with van der Waals surface area (Å²) in [6.45, 7) is 5.00. The molecular formula is C28H33Cl2NO. The molecule has 0 atom stereocenters. The van der Waals surface area contributed by atoms with E-state index in [-0.39, 0.29) is 17.8 Å². The van der Waals surface area contributed by atoms with Crippen LogP contribution in [0.3, 0.4) is 0 Å². The summed E-state index contributed by atoms with van der Waals surface area (Å²) >= 11 is 6.05. The zero-order chi connectivity index (χ0) is 21.7. The van der Waals surface area contributed by atoms with Crippen LogP contribution in [-0.2, 0) is 11.0 Å². The molecule has 0 amide bonds. The second-order valence-electron chi connectivity index (χ2n) is 8.88. The predicted molar refractivity (Wildman–Crippen MR) is 137 cm³/mol. The van der Waals surface area contributed by atoms with Crippen LogP contribution in [-0.4, -0.2) is 29.6 Å². The molecule has 0 aliphatic carbocycles.